The molecule has 0 saturated carbocycles. The van der Waals surface area contributed by atoms with Crippen LogP contribution in [0.2, 0.25) is 0 Å². The molecule has 19 heavy (non-hydrogen) atoms. The lowest BCUT2D eigenvalue weighted by molar-refractivity contribution is 0.422. The van der Waals surface area contributed by atoms with E-state index in [1.165, 1.54) is 0 Å². The van der Waals surface area contributed by atoms with E-state index in [2.05, 4.69) is 4.99 Å². The number of nitrogens with two attached hydrogens (primary N) is 1. The van der Waals surface area contributed by atoms with Crippen LogP contribution in [0.3, 0.4) is 0 Å². The highest BCUT2D eigenvalue weighted by atomic mass is 32.2. The third kappa shape index (κ3) is 2.89. The Morgan fingerprint density at radius 1 is 1.37 bits per heavy atom. The molecule has 0 spiro atoms. The van der Waals surface area contributed by atoms with Crippen molar-refractivity contribution in [2.24, 2.45) is 10.7 Å². The van der Waals surface area contributed by atoms with E-state index in [1.807, 2.05) is 24.1 Å². The van der Waals surface area contributed by atoms with Crippen LogP contribution in [0.15, 0.2) is 34.2 Å². The van der Waals surface area contributed by atoms with Crippen molar-refractivity contribution >= 4 is 15.8 Å². The van der Waals surface area contributed by atoms with Gasteiger partial charge < -0.3 is 10.6 Å². The number of benzene rings is 1. The first-order valence-corrected chi connectivity index (χ1v) is 7.93. The highest BCUT2D eigenvalue weighted by Gasteiger charge is 2.20. The molecule has 0 amide bonds. The van der Waals surface area contributed by atoms with E-state index >= 15 is 0 Å². The Labute approximate surface area is 114 Å². The average molecular weight is 281 g/mol. The van der Waals surface area contributed by atoms with Crippen molar-refractivity contribution in [2.45, 2.75) is 17.7 Å². The van der Waals surface area contributed by atoms with Gasteiger partial charge in [-0.1, -0.05) is 19.1 Å². The van der Waals surface area contributed by atoms with Gasteiger partial charge in [-0.3, -0.25) is 4.99 Å². The Morgan fingerprint density at radius 2 is 2.00 bits per heavy atom. The van der Waals surface area contributed by atoms with Crippen molar-refractivity contribution in [1.82, 2.24) is 4.90 Å². The van der Waals surface area contributed by atoms with Gasteiger partial charge in [0.05, 0.1) is 17.2 Å². The van der Waals surface area contributed by atoms with E-state index in [-0.39, 0.29) is 11.7 Å². The van der Waals surface area contributed by atoms with Crippen LogP contribution < -0.4 is 5.73 Å². The highest BCUT2D eigenvalue weighted by molar-refractivity contribution is 7.91. The van der Waals surface area contributed by atoms with Crippen molar-refractivity contribution in [3.8, 4) is 0 Å². The molecule has 6 heteroatoms. The second-order valence-corrected chi connectivity index (χ2v) is 7.03. The van der Waals surface area contributed by atoms with E-state index in [0.717, 1.165) is 12.1 Å². The summed E-state index contributed by atoms with van der Waals surface area (Å²) in [6.45, 7) is 3.10. The van der Waals surface area contributed by atoms with E-state index in [0.29, 0.717) is 17.4 Å². The molecule has 0 aliphatic carbocycles. The van der Waals surface area contributed by atoms with Gasteiger partial charge >= 0.3 is 0 Å². The fourth-order valence-electron chi connectivity index (χ4n) is 2.13. The summed E-state index contributed by atoms with van der Waals surface area (Å²) >= 11 is 0. The lowest BCUT2D eigenvalue weighted by Gasteiger charge is -2.29. The summed E-state index contributed by atoms with van der Waals surface area (Å²) < 4.78 is 23.5. The molecule has 2 rings (SSSR count). The third-order valence-corrected chi connectivity index (χ3v) is 5.20. The Balaban J connectivity index is 2.20. The van der Waals surface area contributed by atoms with Crippen LogP contribution in [0.25, 0.3) is 0 Å². The third-order valence-electron chi connectivity index (χ3n) is 3.45. The molecule has 0 radical (unpaired) electrons. The molecular weight excluding hydrogens is 262 g/mol. The number of sulfone groups is 1. The zero-order valence-corrected chi connectivity index (χ0v) is 12.0. The SMILES string of the molecule is CCS(=O)(=O)c1ccc(C2CN=C(N)N(C)C2)cc1. The van der Waals surface area contributed by atoms with E-state index in [1.54, 1.807) is 19.1 Å². The molecule has 0 bridgehead atoms. The van der Waals surface area contributed by atoms with Crippen LogP contribution in [0.1, 0.15) is 18.4 Å². The lowest BCUT2D eigenvalue weighted by Crippen LogP contribution is -2.41. The Kier molecular flexibility index (Phi) is 3.80. The summed E-state index contributed by atoms with van der Waals surface area (Å²) in [5.74, 6) is 0.941. The zero-order valence-electron chi connectivity index (χ0n) is 11.2. The molecule has 1 aliphatic rings. The standard InChI is InChI=1S/C13H19N3O2S/c1-3-19(17,18)12-6-4-10(5-7-12)11-8-15-13(14)16(2)9-11/h4-7,11H,3,8-9H2,1-2H3,(H2,14,15). The van der Waals surface area contributed by atoms with Crippen molar-refractivity contribution in [3.63, 3.8) is 0 Å². The summed E-state index contributed by atoms with van der Waals surface area (Å²) in [4.78, 5) is 6.55. The van der Waals surface area contributed by atoms with Crippen molar-refractivity contribution in [2.75, 3.05) is 25.9 Å². The molecule has 1 heterocycles. The highest BCUT2D eigenvalue weighted by Crippen LogP contribution is 2.22. The minimum atomic E-state index is -3.12. The van der Waals surface area contributed by atoms with Gasteiger partial charge in [-0.25, -0.2) is 8.42 Å². The molecule has 0 fully saturated rings. The molecule has 1 unspecified atom stereocenters. The minimum Gasteiger partial charge on any atom is -0.370 e. The molecule has 1 aliphatic heterocycles. The molecule has 1 aromatic rings. The maximum atomic E-state index is 11.7. The fraction of sp³-hybridized carbons (Fsp3) is 0.462. The molecular formula is C13H19N3O2S. The van der Waals surface area contributed by atoms with E-state index < -0.39 is 9.84 Å². The predicted molar refractivity (Wildman–Crippen MR) is 76.0 cm³/mol. The summed E-state index contributed by atoms with van der Waals surface area (Å²) in [6, 6.07) is 7.10. The number of likely N-dealkylation sites (N-methyl/N-ethyl adjacent to an activating group) is 1. The van der Waals surface area contributed by atoms with E-state index in [4.69, 9.17) is 5.73 Å². The van der Waals surface area contributed by atoms with Crippen molar-refractivity contribution < 1.29 is 8.42 Å². The van der Waals surface area contributed by atoms with Crippen LogP contribution in [-0.4, -0.2) is 45.2 Å². The first kappa shape index (κ1) is 13.9. The van der Waals surface area contributed by atoms with E-state index in [9.17, 15) is 8.42 Å². The maximum Gasteiger partial charge on any atom is 0.191 e. The van der Waals surface area contributed by atoms with Gasteiger partial charge in [0.1, 0.15) is 0 Å². The predicted octanol–water partition coefficient (Wildman–Crippen LogP) is 0.824. The van der Waals surface area contributed by atoms with Crippen LogP contribution in [0.4, 0.5) is 0 Å². The zero-order chi connectivity index (χ0) is 14.0. The fourth-order valence-corrected chi connectivity index (χ4v) is 3.02. The number of nitrogens with zero attached hydrogens (tertiary/aromatic N) is 2. The van der Waals surface area contributed by atoms with Gasteiger partial charge in [0, 0.05) is 19.5 Å². The van der Waals surface area contributed by atoms with Crippen molar-refractivity contribution in [3.05, 3.63) is 29.8 Å². The Bertz CT molecular complexity index is 578. The van der Waals surface area contributed by atoms with Crippen molar-refractivity contribution in [1.29, 1.82) is 0 Å². The molecule has 1 aromatic carbocycles. The van der Waals surface area contributed by atoms with Crippen LogP contribution >= 0.6 is 0 Å². The smallest absolute Gasteiger partial charge is 0.191 e. The first-order chi connectivity index (χ1) is 8.94. The first-order valence-electron chi connectivity index (χ1n) is 6.28. The number of rotatable bonds is 3. The molecule has 104 valence electrons. The van der Waals surface area contributed by atoms with Gasteiger partial charge in [0.15, 0.2) is 15.8 Å². The topological polar surface area (TPSA) is 75.8 Å². The monoisotopic (exact) mass is 281 g/mol. The molecule has 1 atom stereocenters. The number of aliphatic imine (C=N–C) groups is 1. The number of hydrogen-bond donors (Lipinski definition) is 1. The number of guanidine groups is 1. The average Bonchev–Trinajstić information content (AvgIpc) is 2.42. The van der Waals surface area contributed by atoms with Gasteiger partial charge in [-0.2, -0.15) is 0 Å². The van der Waals surface area contributed by atoms with Gasteiger partial charge in [-0.15, -0.1) is 0 Å². The van der Waals surface area contributed by atoms with Crippen LogP contribution in [-0.2, 0) is 9.84 Å². The quantitative estimate of drug-likeness (QED) is 0.890. The number of hydrogen-bond acceptors (Lipinski definition) is 5. The summed E-state index contributed by atoms with van der Waals surface area (Å²) in [5, 5.41) is 0. The maximum absolute atomic E-state index is 11.7. The van der Waals surface area contributed by atoms with Gasteiger partial charge in [0.2, 0.25) is 0 Å². The summed E-state index contributed by atoms with van der Waals surface area (Å²) in [7, 11) is -1.22. The second kappa shape index (κ2) is 5.21. The van der Waals surface area contributed by atoms with Gasteiger partial charge in [0.25, 0.3) is 0 Å². The molecule has 2 N–H and O–H groups in total. The Hall–Kier alpha value is -1.56. The second-order valence-electron chi connectivity index (χ2n) is 4.75. The summed E-state index contributed by atoms with van der Waals surface area (Å²) in [5.41, 5.74) is 6.81. The molecule has 5 nitrogen and oxygen atoms in total. The molecule has 0 aromatic heterocycles. The minimum absolute atomic E-state index is 0.124. The molecule has 0 saturated heterocycles. The van der Waals surface area contributed by atoms with Gasteiger partial charge in [-0.05, 0) is 17.7 Å². The lowest BCUT2D eigenvalue weighted by atomic mass is 9.98. The Morgan fingerprint density at radius 3 is 2.53 bits per heavy atom. The normalized spacial score (nSPS) is 20.2. The van der Waals surface area contributed by atoms with Crippen LogP contribution in [0, 0.1) is 0 Å². The van der Waals surface area contributed by atoms with Crippen LogP contribution in [0.5, 0.6) is 0 Å². The largest absolute Gasteiger partial charge is 0.370 e. The summed E-state index contributed by atoms with van der Waals surface area (Å²) in [6.07, 6.45) is 0.